The monoisotopic (exact) mass is 198 g/mol. The fraction of sp³-hybridized carbons (Fsp3) is 0.727. The van der Waals surface area contributed by atoms with Gasteiger partial charge >= 0.3 is 5.97 Å². The maximum Gasteiger partial charge on any atom is 0.335 e. The molecule has 0 aromatic rings. The summed E-state index contributed by atoms with van der Waals surface area (Å²) in [6.07, 6.45) is 0.191. The molecule has 14 heavy (non-hydrogen) atoms. The Kier molecular flexibility index (Phi) is 3.69. The van der Waals surface area contributed by atoms with E-state index in [0.29, 0.717) is 13.0 Å². The molecule has 0 radical (unpaired) electrons. The number of hydrogen-bond acceptors (Lipinski definition) is 3. The molecule has 1 unspecified atom stereocenters. The Labute approximate surface area is 85.1 Å². The van der Waals surface area contributed by atoms with Crippen molar-refractivity contribution in [1.82, 2.24) is 0 Å². The van der Waals surface area contributed by atoms with Crippen LogP contribution in [0.25, 0.3) is 0 Å². The number of carbonyl (C=O) groups excluding carboxylic acids is 1. The second-order valence-corrected chi connectivity index (χ2v) is 4.05. The molecule has 1 aliphatic rings. The van der Waals surface area contributed by atoms with E-state index in [4.69, 9.17) is 9.47 Å². The van der Waals surface area contributed by atoms with Gasteiger partial charge in [-0.2, -0.15) is 0 Å². The second kappa shape index (κ2) is 4.60. The van der Waals surface area contributed by atoms with E-state index in [1.54, 1.807) is 0 Å². The van der Waals surface area contributed by atoms with Crippen LogP contribution in [0.15, 0.2) is 11.1 Å². The first-order valence-corrected chi connectivity index (χ1v) is 4.98. The van der Waals surface area contributed by atoms with Gasteiger partial charge in [-0.15, -0.1) is 0 Å². The summed E-state index contributed by atoms with van der Waals surface area (Å²) in [5.74, 6) is -0.244. The normalized spacial score (nSPS) is 22.8. The van der Waals surface area contributed by atoms with Crippen LogP contribution in [0.4, 0.5) is 0 Å². The Balaban J connectivity index is 2.53. The lowest BCUT2D eigenvalue weighted by Gasteiger charge is -2.24. The Morgan fingerprint density at radius 3 is 2.57 bits per heavy atom. The van der Waals surface area contributed by atoms with Crippen LogP contribution in [0, 0.1) is 0 Å². The lowest BCUT2D eigenvalue weighted by atomic mass is 10.0. The van der Waals surface area contributed by atoms with Crippen LogP contribution in [0.2, 0.25) is 0 Å². The second-order valence-electron chi connectivity index (χ2n) is 4.05. The van der Waals surface area contributed by atoms with Gasteiger partial charge in [-0.1, -0.05) is 5.57 Å². The van der Waals surface area contributed by atoms with E-state index >= 15 is 0 Å². The van der Waals surface area contributed by atoms with Gasteiger partial charge in [-0.05, 0) is 33.3 Å². The van der Waals surface area contributed by atoms with Crippen molar-refractivity contribution in [2.24, 2.45) is 0 Å². The zero-order chi connectivity index (χ0) is 10.7. The minimum Gasteiger partial charge on any atom is -0.461 e. The van der Waals surface area contributed by atoms with Gasteiger partial charge in [-0.3, -0.25) is 0 Å². The molecule has 0 bridgehead atoms. The molecule has 1 aliphatic heterocycles. The average Bonchev–Trinajstić information content (AvgIpc) is 2.08. The van der Waals surface area contributed by atoms with Crippen LogP contribution < -0.4 is 0 Å². The standard InChI is InChI=1S/C11H18O3/c1-7(2)14-11(12)10-5-8(3)9(4)6-13-10/h7,10H,5-6H2,1-4H3. The van der Waals surface area contributed by atoms with E-state index in [2.05, 4.69) is 0 Å². The predicted octanol–water partition coefficient (Wildman–Crippen LogP) is 2.06. The van der Waals surface area contributed by atoms with Crippen molar-refractivity contribution in [3.8, 4) is 0 Å². The summed E-state index contributed by atoms with van der Waals surface area (Å²) < 4.78 is 10.5. The van der Waals surface area contributed by atoms with E-state index in [1.165, 1.54) is 11.1 Å². The first-order valence-electron chi connectivity index (χ1n) is 4.98. The third-order valence-corrected chi connectivity index (χ3v) is 2.34. The van der Waals surface area contributed by atoms with Crippen LogP contribution in [0.5, 0.6) is 0 Å². The fourth-order valence-corrected chi connectivity index (χ4v) is 1.32. The number of carbonyl (C=O) groups is 1. The van der Waals surface area contributed by atoms with Crippen LogP contribution in [0.3, 0.4) is 0 Å². The highest BCUT2D eigenvalue weighted by Gasteiger charge is 2.25. The Morgan fingerprint density at radius 2 is 2.07 bits per heavy atom. The summed E-state index contributed by atoms with van der Waals surface area (Å²) >= 11 is 0. The topological polar surface area (TPSA) is 35.5 Å². The highest BCUT2D eigenvalue weighted by Crippen LogP contribution is 2.20. The van der Waals surface area contributed by atoms with Crippen LogP contribution >= 0.6 is 0 Å². The smallest absolute Gasteiger partial charge is 0.335 e. The van der Waals surface area contributed by atoms with Crippen molar-refractivity contribution in [2.75, 3.05) is 6.61 Å². The third-order valence-electron chi connectivity index (χ3n) is 2.34. The molecule has 0 spiro atoms. The van der Waals surface area contributed by atoms with Crippen molar-refractivity contribution in [3.05, 3.63) is 11.1 Å². The van der Waals surface area contributed by atoms with Gasteiger partial charge in [0.1, 0.15) is 0 Å². The Bertz CT molecular complexity index is 253. The summed E-state index contributed by atoms with van der Waals surface area (Å²) in [7, 11) is 0. The summed E-state index contributed by atoms with van der Waals surface area (Å²) in [6.45, 7) is 8.29. The molecule has 0 fully saturated rings. The van der Waals surface area contributed by atoms with Crippen molar-refractivity contribution >= 4 is 5.97 Å². The van der Waals surface area contributed by atoms with E-state index in [0.717, 1.165) is 0 Å². The van der Waals surface area contributed by atoms with Gasteiger partial charge in [-0.25, -0.2) is 4.79 Å². The first kappa shape index (κ1) is 11.2. The fourth-order valence-electron chi connectivity index (χ4n) is 1.32. The molecule has 80 valence electrons. The lowest BCUT2D eigenvalue weighted by Crippen LogP contribution is -2.32. The first-order chi connectivity index (χ1) is 6.50. The average molecular weight is 198 g/mol. The molecule has 1 rings (SSSR count). The van der Waals surface area contributed by atoms with Crippen LogP contribution in [0.1, 0.15) is 34.1 Å². The largest absolute Gasteiger partial charge is 0.461 e. The van der Waals surface area contributed by atoms with E-state index in [-0.39, 0.29) is 12.1 Å². The number of esters is 1. The zero-order valence-corrected chi connectivity index (χ0v) is 9.29. The van der Waals surface area contributed by atoms with E-state index < -0.39 is 6.10 Å². The summed E-state index contributed by atoms with van der Waals surface area (Å²) in [5, 5.41) is 0. The molecule has 1 heterocycles. The molecule has 0 saturated heterocycles. The highest BCUT2D eigenvalue weighted by molar-refractivity contribution is 5.75. The highest BCUT2D eigenvalue weighted by atomic mass is 16.6. The molecular weight excluding hydrogens is 180 g/mol. The van der Waals surface area contributed by atoms with Crippen molar-refractivity contribution < 1.29 is 14.3 Å². The molecule has 0 saturated carbocycles. The summed E-state index contributed by atoms with van der Waals surface area (Å²) in [5.41, 5.74) is 2.46. The van der Waals surface area contributed by atoms with Crippen molar-refractivity contribution in [3.63, 3.8) is 0 Å². The van der Waals surface area contributed by atoms with Gasteiger partial charge in [0.15, 0.2) is 6.10 Å². The predicted molar refractivity (Wildman–Crippen MR) is 54.0 cm³/mol. The minimum atomic E-state index is -0.402. The van der Waals surface area contributed by atoms with Gasteiger partial charge in [0.05, 0.1) is 12.7 Å². The number of rotatable bonds is 2. The molecule has 0 N–H and O–H groups in total. The van der Waals surface area contributed by atoms with Crippen molar-refractivity contribution in [1.29, 1.82) is 0 Å². The minimum absolute atomic E-state index is 0.0709. The van der Waals surface area contributed by atoms with Crippen molar-refractivity contribution in [2.45, 2.75) is 46.3 Å². The molecule has 1 atom stereocenters. The molecular formula is C11H18O3. The molecule has 3 heteroatoms. The third kappa shape index (κ3) is 2.84. The Hall–Kier alpha value is -0.830. The molecule has 0 aromatic carbocycles. The van der Waals surface area contributed by atoms with Crippen LogP contribution in [-0.4, -0.2) is 24.8 Å². The molecule has 0 amide bonds. The summed E-state index contributed by atoms with van der Waals surface area (Å²) in [4.78, 5) is 11.5. The molecule has 0 aromatic heterocycles. The van der Waals surface area contributed by atoms with Gasteiger partial charge in [0, 0.05) is 6.42 Å². The van der Waals surface area contributed by atoms with Gasteiger partial charge in [0.25, 0.3) is 0 Å². The summed E-state index contributed by atoms with van der Waals surface area (Å²) in [6, 6.07) is 0. The number of ether oxygens (including phenoxy) is 2. The SMILES string of the molecule is CC1=C(C)CC(C(=O)OC(C)C)OC1. The Morgan fingerprint density at radius 1 is 1.43 bits per heavy atom. The van der Waals surface area contributed by atoms with E-state index in [1.807, 2.05) is 27.7 Å². The zero-order valence-electron chi connectivity index (χ0n) is 9.29. The quantitative estimate of drug-likeness (QED) is 0.503. The molecule has 0 aliphatic carbocycles. The van der Waals surface area contributed by atoms with Gasteiger partial charge in [0.2, 0.25) is 0 Å². The van der Waals surface area contributed by atoms with Crippen LogP contribution in [-0.2, 0) is 14.3 Å². The maximum atomic E-state index is 11.5. The maximum absolute atomic E-state index is 11.5. The molecule has 3 nitrogen and oxygen atoms in total. The van der Waals surface area contributed by atoms with Gasteiger partial charge < -0.3 is 9.47 Å². The number of hydrogen-bond donors (Lipinski definition) is 0. The van der Waals surface area contributed by atoms with E-state index in [9.17, 15) is 4.79 Å². The lowest BCUT2D eigenvalue weighted by molar-refractivity contribution is -0.161.